The lowest BCUT2D eigenvalue weighted by Crippen LogP contribution is -2.16. The third kappa shape index (κ3) is 3.11. The number of benzene rings is 1. The van der Waals surface area contributed by atoms with Crippen LogP contribution in [0.4, 0.5) is 17.3 Å². The number of nitriles is 1. The largest absolute Gasteiger partial charge is 0.370 e. The SMILES string of the molecule is CCNc1nc(C)nc(N(C)c2cccc(C#N)c2)c1C. The average molecular weight is 281 g/mol. The topological polar surface area (TPSA) is 64.8 Å². The van der Waals surface area contributed by atoms with E-state index in [1.165, 1.54) is 0 Å². The second kappa shape index (κ2) is 6.23. The molecule has 0 aliphatic rings. The van der Waals surface area contributed by atoms with E-state index < -0.39 is 0 Å². The van der Waals surface area contributed by atoms with E-state index in [2.05, 4.69) is 21.4 Å². The molecule has 0 spiro atoms. The van der Waals surface area contributed by atoms with Crippen molar-refractivity contribution < 1.29 is 0 Å². The van der Waals surface area contributed by atoms with Crippen LogP contribution in [0.2, 0.25) is 0 Å². The van der Waals surface area contributed by atoms with Gasteiger partial charge in [-0.25, -0.2) is 9.97 Å². The van der Waals surface area contributed by atoms with Gasteiger partial charge in [0.2, 0.25) is 0 Å². The van der Waals surface area contributed by atoms with Gasteiger partial charge in [0, 0.05) is 24.8 Å². The Bertz CT molecular complexity index is 688. The molecule has 0 unspecified atom stereocenters. The van der Waals surface area contributed by atoms with Crippen molar-refractivity contribution in [3.05, 3.63) is 41.2 Å². The zero-order valence-corrected chi connectivity index (χ0v) is 12.8. The van der Waals surface area contributed by atoms with Crippen molar-refractivity contribution in [2.75, 3.05) is 23.8 Å². The highest BCUT2D eigenvalue weighted by Crippen LogP contribution is 2.28. The third-order valence-corrected chi connectivity index (χ3v) is 3.26. The van der Waals surface area contributed by atoms with Crippen LogP contribution < -0.4 is 10.2 Å². The van der Waals surface area contributed by atoms with Crippen LogP contribution in [0.1, 0.15) is 23.9 Å². The number of rotatable bonds is 4. The van der Waals surface area contributed by atoms with E-state index in [0.717, 1.165) is 35.3 Å². The fourth-order valence-electron chi connectivity index (χ4n) is 2.19. The van der Waals surface area contributed by atoms with Gasteiger partial charge < -0.3 is 10.2 Å². The fourth-order valence-corrected chi connectivity index (χ4v) is 2.19. The molecule has 5 heteroatoms. The summed E-state index contributed by atoms with van der Waals surface area (Å²) in [5, 5.41) is 12.3. The van der Waals surface area contributed by atoms with Crippen LogP contribution >= 0.6 is 0 Å². The van der Waals surface area contributed by atoms with Gasteiger partial charge in [0.25, 0.3) is 0 Å². The lowest BCUT2D eigenvalue weighted by Gasteiger charge is -2.22. The highest BCUT2D eigenvalue weighted by molar-refractivity contribution is 5.67. The van der Waals surface area contributed by atoms with Crippen LogP contribution in [0.5, 0.6) is 0 Å². The molecule has 0 radical (unpaired) electrons. The molecule has 21 heavy (non-hydrogen) atoms. The van der Waals surface area contributed by atoms with Gasteiger partial charge in [-0.2, -0.15) is 5.26 Å². The summed E-state index contributed by atoms with van der Waals surface area (Å²) in [5.41, 5.74) is 2.56. The molecule has 108 valence electrons. The maximum atomic E-state index is 9.02. The molecule has 0 aliphatic carbocycles. The maximum absolute atomic E-state index is 9.02. The summed E-state index contributed by atoms with van der Waals surface area (Å²) in [6, 6.07) is 9.64. The molecule has 0 saturated carbocycles. The maximum Gasteiger partial charge on any atom is 0.141 e. The van der Waals surface area contributed by atoms with Gasteiger partial charge in [-0.15, -0.1) is 0 Å². The van der Waals surface area contributed by atoms with E-state index in [9.17, 15) is 0 Å². The van der Waals surface area contributed by atoms with Gasteiger partial charge in [0.1, 0.15) is 17.5 Å². The van der Waals surface area contributed by atoms with Crippen LogP contribution in [0.25, 0.3) is 0 Å². The van der Waals surface area contributed by atoms with E-state index in [-0.39, 0.29) is 0 Å². The lowest BCUT2D eigenvalue weighted by molar-refractivity contribution is 0.982. The Hall–Kier alpha value is -2.61. The summed E-state index contributed by atoms with van der Waals surface area (Å²) in [6.07, 6.45) is 0. The molecule has 2 aromatic rings. The number of anilines is 3. The second-order valence-corrected chi connectivity index (χ2v) is 4.82. The summed E-state index contributed by atoms with van der Waals surface area (Å²) in [7, 11) is 1.95. The highest BCUT2D eigenvalue weighted by Gasteiger charge is 2.14. The normalized spacial score (nSPS) is 10.0. The molecule has 1 aromatic carbocycles. The Kier molecular flexibility index (Phi) is 4.39. The first-order valence-electron chi connectivity index (χ1n) is 6.89. The molecule has 0 amide bonds. The predicted molar refractivity (Wildman–Crippen MR) is 84.9 cm³/mol. The van der Waals surface area contributed by atoms with E-state index in [4.69, 9.17) is 5.26 Å². The lowest BCUT2D eigenvalue weighted by atomic mass is 10.2. The molecule has 0 aliphatic heterocycles. The van der Waals surface area contributed by atoms with Crippen molar-refractivity contribution >= 4 is 17.3 Å². The fraction of sp³-hybridized carbons (Fsp3) is 0.312. The minimum atomic E-state index is 0.634. The van der Waals surface area contributed by atoms with Crippen molar-refractivity contribution in [1.29, 1.82) is 5.26 Å². The minimum absolute atomic E-state index is 0.634. The molecular weight excluding hydrogens is 262 g/mol. The first-order chi connectivity index (χ1) is 10.1. The van der Waals surface area contributed by atoms with E-state index in [1.54, 1.807) is 6.07 Å². The number of aryl methyl sites for hydroxylation is 1. The molecule has 0 bridgehead atoms. The van der Waals surface area contributed by atoms with Gasteiger partial charge in [0.15, 0.2) is 0 Å². The quantitative estimate of drug-likeness (QED) is 0.932. The summed E-state index contributed by atoms with van der Waals surface area (Å²) in [4.78, 5) is 10.9. The smallest absolute Gasteiger partial charge is 0.141 e. The molecule has 1 N–H and O–H groups in total. The zero-order valence-electron chi connectivity index (χ0n) is 12.8. The first kappa shape index (κ1) is 14.8. The van der Waals surface area contributed by atoms with Crippen LogP contribution in [-0.2, 0) is 0 Å². The Morgan fingerprint density at radius 3 is 2.71 bits per heavy atom. The van der Waals surface area contributed by atoms with Crippen molar-refractivity contribution in [3.63, 3.8) is 0 Å². The molecule has 5 nitrogen and oxygen atoms in total. The first-order valence-corrected chi connectivity index (χ1v) is 6.89. The van der Waals surface area contributed by atoms with Crippen molar-refractivity contribution in [2.45, 2.75) is 20.8 Å². The molecule has 0 fully saturated rings. The Morgan fingerprint density at radius 1 is 1.29 bits per heavy atom. The second-order valence-electron chi connectivity index (χ2n) is 4.82. The zero-order chi connectivity index (χ0) is 15.4. The molecule has 0 saturated heterocycles. The summed E-state index contributed by atoms with van der Waals surface area (Å²) < 4.78 is 0. The highest BCUT2D eigenvalue weighted by atomic mass is 15.2. The van der Waals surface area contributed by atoms with Gasteiger partial charge in [-0.1, -0.05) is 6.07 Å². The Labute approximate surface area is 125 Å². The van der Waals surface area contributed by atoms with Crippen LogP contribution in [0.3, 0.4) is 0 Å². The number of hydrogen-bond donors (Lipinski definition) is 1. The number of nitrogens with one attached hydrogen (secondary N) is 1. The summed E-state index contributed by atoms with van der Waals surface area (Å²) in [6.45, 7) is 6.72. The van der Waals surface area contributed by atoms with Crippen molar-refractivity contribution in [1.82, 2.24) is 9.97 Å². The number of aromatic nitrogens is 2. The van der Waals surface area contributed by atoms with Gasteiger partial charge >= 0.3 is 0 Å². The van der Waals surface area contributed by atoms with Gasteiger partial charge in [-0.3, -0.25) is 0 Å². The van der Waals surface area contributed by atoms with Gasteiger partial charge in [0.05, 0.1) is 11.6 Å². The minimum Gasteiger partial charge on any atom is -0.370 e. The third-order valence-electron chi connectivity index (χ3n) is 3.26. The molecule has 2 rings (SSSR count). The summed E-state index contributed by atoms with van der Waals surface area (Å²) in [5.74, 6) is 2.41. The molecule has 1 heterocycles. The van der Waals surface area contributed by atoms with E-state index >= 15 is 0 Å². The van der Waals surface area contributed by atoms with Crippen LogP contribution in [0, 0.1) is 25.2 Å². The summed E-state index contributed by atoms with van der Waals surface area (Å²) >= 11 is 0. The van der Waals surface area contributed by atoms with Crippen molar-refractivity contribution in [2.24, 2.45) is 0 Å². The van der Waals surface area contributed by atoms with E-state index in [0.29, 0.717) is 5.56 Å². The monoisotopic (exact) mass is 281 g/mol. The Balaban J connectivity index is 2.47. The molecule has 0 atom stereocenters. The molecule has 1 aromatic heterocycles. The standard InChI is InChI=1S/C16H19N5/c1-5-18-15-11(2)16(20-12(3)19-15)21(4)14-8-6-7-13(9-14)10-17/h6-9H,5H2,1-4H3,(H,18,19,20). The van der Waals surface area contributed by atoms with E-state index in [1.807, 2.05) is 50.9 Å². The Morgan fingerprint density at radius 2 is 2.05 bits per heavy atom. The number of nitrogens with zero attached hydrogens (tertiary/aromatic N) is 4. The molecular formula is C16H19N5. The predicted octanol–water partition coefficient (Wildman–Crippen LogP) is 3.16. The van der Waals surface area contributed by atoms with Crippen LogP contribution in [-0.4, -0.2) is 23.6 Å². The number of hydrogen-bond acceptors (Lipinski definition) is 5. The average Bonchev–Trinajstić information content (AvgIpc) is 2.50. The van der Waals surface area contributed by atoms with Gasteiger partial charge in [-0.05, 0) is 39.0 Å². The van der Waals surface area contributed by atoms with Crippen molar-refractivity contribution in [3.8, 4) is 6.07 Å². The van der Waals surface area contributed by atoms with Crippen LogP contribution in [0.15, 0.2) is 24.3 Å².